The number of aromatic nitrogens is 2. The average molecular weight is 262 g/mol. The van der Waals surface area contributed by atoms with Crippen LogP contribution < -0.4 is 15.0 Å². The van der Waals surface area contributed by atoms with Crippen molar-refractivity contribution >= 4 is 5.82 Å². The summed E-state index contributed by atoms with van der Waals surface area (Å²) in [5.41, 5.74) is 0. The molecule has 1 N–H and O–H groups in total. The fourth-order valence-electron chi connectivity index (χ4n) is 3.14. The second-order valence-electron chi connectivity index (χ2n) is 5.41. The maximum absolute atomic E-state index is 5.51. The van der Waals surface area contributed by atoms with E-state index in [9.17, 15) is 0 Å². The first kappa shape index (κ1) is 12.7. The molecule has 0 aliphatic carbocycles. The van der Waals surface area contributed by atoms with E-state index in [-0.39, 0.29) is 0 Å². The lowest BCUT2D eigenvalue weighted by Gasteiger charge is -2.24. The lowest BCUT2D eigenvalue weighted by atomic mass is 9.94. The van der Waals surface area contributed by atoms with Crippen LogP contribution in [0.1, 0.15) is 25.6 Å². The molecule has 19 heavy (non-hydrogen) atoms. The molecular weight excluding hydrogens is 240 g/mol. The van der Waals surface area contributed by atoms with Gasteiger partial charge < -0.3 is 15.0 Å². The third-order valence-corrected chi connectivity index (χ3v) is 4.02. The Morgan fingerprint density at radius 2 is 2.32 bits per heavy atom. The van der Waals surface area contributed by atoms with Crippen LogP contribution in [0, 0.1) is 12.8 Å². The van der Waals surface area contributed by atoms with E-state index in [1.807, 2.05) is 19.9 Å². The van der Waals surface area contributed by atoms with Crippen LogP contribution in [0.15, 0.2) is 6.07 Å². The van der Waals surface area contributed by atoms with Gasteiger partial charge in [0.1, 0.15) is 11.6 Å². The first-order chi connectivity index (χ1) is 9.26. The fourth-order valence-corrected chi connectivity index (χ4v) is 3.14. The molecule has 2 fully saturated rings. The predicted octanol–water partition coefficient (Wildman–Crippen LogP) is 1.37. The largest absolute Gasteiger partial charge is 0.478 e. The molecule has 2 saturated heterocycles. The highest BCUT2D eigenvalue weighted by atomic mass is 16.5. The van der Waals surface area contributed by atoms with Crippen LogP contribution in [0.25, 0.3) is 0 Å². The molecule has 2 aliphatic rings. The number of ether oxygens (including phenoxy) is 1. The summed E-state index contributed by atoms with van der Waals surface area (Å²) in [6.07, 6.45) is 2.62. The van der Waals surface area contributed by atoms with Crippen LogP contribution in [0.4, 0.5) is 5.82 Å². The molecule has 5 heteroatoms. The number of nitrogens with zero attached hydrogens (tertiary/aromatic N) is 3. The van der Waals surface area contributed by atoms with Gasteiger partial charge in [-0.05, 0) is 39.2 Å². The topological polar surface area (TPSA) is 50.3 Å². The maximum Gasteiger partial charge on any atom is 0.218 e. The molecular formula is C14H22N4O. The number of aryl methyl sites for hydroxylation is 1. The fraction of sp³-hybridized carbons (Fsp3) is 0.714. The minimum Gasteiger partial charge on any atom is -0.478 e. The molecule has 5 nitrogen and oxygen atoms in total. The summed E-state index contributed by atoms with van der Waals surface area (Å²) in [7, 11) is 0. The Balaban J connectivity index is 1.78. The second-order valence-corrected chi connectivity index (χ2v) is 5.41. The van der Waals surface area contributed by atoms with E-state index in [0.29, 0.717) is 18.5 Å². The van der Waals surface area contributed by atoms with E-state index < -0.39 is 0 Å². The molecule has 0 bridgehead atoms. The van der Waals surface area contributed by atoms with Crippen molar-refractivity contribution in [3.8, 4) is 5.88 Å². The van der Waals surface area contributed by atoms with Crippen LogP contribution in [0.5, 0.6) is 5.88 Å². The van der Waals surface area contributed by atoms with Crippen LogP contribution in [-0.2, 0) is 0 Å². The van der Waals surface area contributed by atoms with Crippen molar-refractivity contribution < 1.29 is 4.74 Å². The molecule has 0 spiro atoms. The highest BCUT2D eigenvalue weighted by molar-refractivity contribution is 5.43. The quantitative estimate of drug-likeness (QED) is 0.891. The normalized spacial score (nSPS) is 26.3. The van der Waals surface area contributed by atoms with Gasteiger partial charge in [0, 0.05) is 25.2 Å². The lowest BCUT2D eigenvalue weighted by molar-refractivity contribution is 0.325. The van der Waals surface area contributed by atoms with E-state index in [1.165, 1.54) is 12.8 Å². The van der Waals surface area contributed by atoms with E-state index in [2.05, 4.69) is 20.2 Å². The molecule has 0 amide bonds. The monoisotopic (exact) mass is 262 g/mol. The smallest absolute Gasteiger partial charge is 0.218 e. The van der Waals surface area contributed by atoms with Gasteiger partial charge in [-0.2, -0.15) is 4.98 Å². The van der Waals surface area contributed by atoms with E-state index in [4.69, 9.17) is 4.74 Å². The zero-order valence-corrected chi connectivity index (χ0v) is 11.7. The zero-order chi connectivity index (χ0) is 13.2. The van der Waals surface area contributed by atoms with Crippen molar-refractivity contribution in [1.29, 1.82) is 0 Å². The van der Waals surface area contributed by atoms with Gasteiger partial charge in [-0.1, -0.05) is 0 Å². The molecule has 1 aromatic rings. The summed E-state index contributed by atoms with van der Waals surface area (Å²) in [6.45, 7) is 7.84. The summed E-state index contributed by atoms with van der Waals surface area (Å²) in [5, 5.41) is 3.62. The minimum atomic E-state index is 0.625. The number of piperidine rings is 1. The first-order valence-electron chi connectivity index (χ1n) is 7.23. The number of rotatable bonds is 3. The summed E-state index contributed by atoms with van der Waals surface area (Å²) in [4.78, 5) is 11.2. The second kappa shape index (κ2) is 5.33. The zero-order valence-electron chi connectivity index (χ0n) is 11.7. The Labute approximate surface area is 114 Å². The molecule has 104 valence electrons. The van der Waals surface area contributed by atoms with Crippen molar-refractivity contribution in [1.82, 2.24) is 15.3 Å². The van der Waals surface area contributed by atoms with Crippen LogP contribution in [0.3, 0.4) is 0 Å². The molecule has 2 atom stereocenters. The number of fused-ring (bicyclic) bond motifs is 1. The Bertz CT molecular complexity index is 437. The molecule has 2 aliphatic heterocycles. The minimum absolute atomic E-state index is 0.625. The maximum atomic E-state index is 5.51. The summed E-state index contributed by atoms with van der Waals surface area (Å²) >= 11 is 0. The average Bonchev–Trinajstić information content (AvgIpc) is 2.82. The number of hydrogen-bond acceptors (Lipinski definition) is 5. The van der Waals surface area contributed by atoms with Gasteiger partial charge in [0.05, 0.1) is 6.61 Å². The molecule has 0 unspecified atom stereocenters. The van der Waals surface area contributed by atoms with Crippen LogP contribution in [-0.4, -0.2) is 42.3 Å². The lowest BCUT2D eigenvalue weighted by Crippen LogP contribution is -2.40. The third-order valence-electron chi connectivity index (χ3n) is 4.02. The molecule has 0 saturated carbocycles. The Morgan fingerprint density at radius 3 is 3.11 bits per heavy atom. The Morgan fingerprint density at radius 1 is 1.42 bits per heavy atom. The Hall–Kier alpha value is -1.36. The Kier molecular flexibility index (Phi) is 3.55. The van der Waals surface area contributed by atoms with Crippen molar-refractivity contribution in [2.45, 2.75) is 32.7 Å². The molecule has 0 aromatic carbocycles. The highest BCUT2D eigenvalue weighted by Crippen LogP contribution is 2.29. The van der Waals surface area contributed by atoms with Crippen molar-refractivity contribution in [2.24, 2.45) is 5.92 Å². The number of hydrogen-bond donors (Lipinski definition) is 1. The third kappa shape index (κ3) is 2.66. The predicted molar refractivity (Wildman–Crippen MR) is 74.7 cm³/mol. The summed E-state index contributed by atoms with van der Waals surface area (Å²) in [5.74, 6) is 3.24. The van der Waals surface area contributed by atoms with Crippen LogP contribution in [0.2, 0.25) is 0 Å². The molecule has 3 rings (SSSR count). The summed E-state index contributed by atoms with van der Waals surface area (Å²) in [6, 6.07) is 2.59. The summed E-state index contributed by atoms with van der Waals surface area (Å²) < 4.78 is 5.51. The number of nitrogens with one attached hydrogen (secondary N) is 1. The van der Waals surface area contributed by atoms with Gasteiger partial charge >= 0.3 is 0 Å². The molecule has 3 heterocycles. The standard InChI is InChI=1S/C14H22N4O/c1-3-19-14-7-13(16-10(2)17-14)18-8-11-5-4-6-15-12(11)9-18/h7,11-12,15H,3-6,8-9H2,1-2H3/t11-,12+/m0/s1. The van der Waals surface area contributed by atoms with Crippen LogP contribution >= 0.6 is 0 Å². The van der Waals surface area contributed by atoms with E-state index >= 15 is 0 Å². The number of anilines is 1. The van der Waals surface area contributed by atoms with Gasteiger partial charge in [0.15, 0.2) is 0 Å². The van der Waals surface area contributed by atoms with Crippen molar-refractivity contribution in [3.63, 3.8) is 0 Å². The molecule has 1 aromatic heterocycles. The van der Waals surface area contributed by atoms with Gasteiger partial charge in [-0.25, -0.2) is 4.98 Å². The molecule has 0 radical (unpaired) electrons. The highest BCUT2D eigenvalue weighted by Gasteiger charge is 2.34. The van der Waals surface area contributed by atoms with Gasteiger partial charge in [-0.3, -0.25) is 0 Å². The van der Waals surface area contributed by atoms with E-state index in [0.717, 1.165) is 37.2 Å². The van der Waals surface area contributed by atoms with Gasteiger partial charge in [0.25, 0.3) is 0 Å². The SMILES string of the molecule is CCOc1cc(N2C[C@@H]3CCCN[C@@H]3C2)nc(C)n1. The van der Waals surface area contributed by atoms with E-state index in [1.54, 1.807) is 0 Å². The van der Waals surface area contributed by atoms with Crippen molar-refractivity contribution in [2.75, 3.05) is 31.1 Å². The van der Waals surface area contributed by atoms with Gasteiger partial charge in [0.2, 0.25) is 5.88 Å². The first-order valence-corrected chi connectivity index (χ1v) is 7.23. The van der Waals surface area contributed by atoms with Gasteiger partial charge in [-0.15, -0.1) is 0 Å². The van der Waals surface area contributed by atoms with Crippen molar-refractivity contribution in [3.05, 3.63) is 11.9 Å².